The minimum atomic E-state index is -4.78. The smallest absolute Gasteiger partial charge is 0.416 e. The molecular weight excluding hydrogens is 327 g/mol. The summed E-state index contributed by atoms with van der Waals surface area (Å²) < 4.78 is 63.4. The predicted octanol–water partition coefficient (Wildman–Crippen LogP) is 1.65. The van der Waals surface area contributed by atoms with Crippen LogP contribution in [-0.2, 0) is 21.0 Å². The summed E-state index contributed by atoms with van der Waals surface area (Å²) in [5.74, 6) is -2.24. The van der Waals surface area contributed by atoms with Gasteiger partial charge >= 0.3 is 12.1 Å². The highest BCUT2D eigenvalue weighted by Gasteiger charge is 2.41. The number of nitrogens with zero attached hydrogens (tertiary/aromatic N) is 1. The molecule has 2 rings (SSSR count). The molecule has 1 saturated heterocycles. The van der Waals surface area contributed by atoms with Crippen LogP contribution in [0.15, 0.2) is 23.1 Å². The summed E-state index contributed by atoms with van der Waals surface area (Å²) in [4.78, 5) is 10.1. The summed E-state index contributed by atoms with van der Waals surface area (Å²) in [5.41, 5.74) is -1.24. The van der Waals surface area contributed by atoms with Gasteiger partial charge in [0, 0.05) is 6.54 Å². The van der Waals surface area contributed by atoms with Crippen molar-refractivity contribution in [1.29, 1.82) is 0 Å². The SMILES string of the molecule is O=C(O)C1CCCN1S(=O)(=O)c1cc(C(F)(F)F)ccc1O. The standard InChI is InChI=1S/C12H12F3NO5S/c13-12(14,15)7-3-4-9(17)10(6-7)22(20,21)16-5-1-2-8(16)11(18)19/h3-4,6,8,17H,1-2,5H2,(H,18,19). The number of hydrogen-bond acceptors (Lipinski definition) is 4. The number of halogens is 3. The van der Waals surface area contributed by atoms with Crippen LogP contribution in [0, 0.1) is 0 Å². The van der Waals surface area contributed by atoms with Crippen LogP contribution in [0.5, 0.6) is 5.75 Å². The largest absolute Gasteiger partial charge is 0.507 e. The first-order chi connectivity index (χ1) is 10.0. The van der Waals surface area contributed by atoms with Gasteiger partial charge in [-0.15, -0.1) is 0 Å². The number of aromatic hydroxyl groups is 1. The number of carboxylic acids is 1. The van der Waals surface area contributed by atoms with Crippen molar-refractivity contribution in [3.05, 3.63) is 23.8 Å². The van der Waals surface area contributed by atoms with E-state index in [-0.39, 0.29) is 19.4 Å². The molecule has 0 bridgehead atoms. The number of alkyl halides is 3. The van der Waals surface area contributed by atoms with Gasteiger partial charge in [0.1, 0.15) is 16.7 Å². The molecule has 6 nitrogen and oxygen atoms in total. The van der Waals surface area contributed by atoms with E-state index < -0.39 is 44.4 Å². The molecule has 0 spiro atoms. The second-order valence-electron chi connectivity index (χ2n) is 4.79. The second kappa shape index (κ2) is 5.43. The molecule has 1 unspecified atom stereocenters. The molecule has 1 atom stereocenters. The highest BCUT2D eigenvalue weighted by atomic mass is 32.2. The van der Waals surface area contributed by atoms with Crippen LogP contribution in [0.25, 0.3) is 0 Å². The van der Waals surface area contributed by atoms with E-state index in [9.17, 15) is 31.5 Å². The van der Waals surface area contributed by atoms with Gasteiger partial charge in [-0.3, -0.25) is 4.79 Å². The van der Waals surface area contributed by atoms with E-state index >= 15 is 0 Å². The van der Waals surface area contributed by atoms with Gasteiger partial charge in [-0.1, -0.05) is 0 Å². The summed E-state index contributed by atoms with van der Waals surface area (Å²) in [6.07, 6.45) is -4.45. The summed E-state index contributed by atoms with van der Waals surface area (Å²) in [6, 6.07) is 0.134. The first kappa shape index (κ1) is 16.6. The highest BCUT2D eigenvalue weighted by molar-refractivity contribution is 7.89. The average molecular weight is 339 g/mol. The number of phenolic OH excluding ortho intramolecular Hbond substituents is 1. The number of carboxylic acid groups (broad SMARTS) is 1. The number of sulfonamides is 1. The number of phenols is 1. The Hall–Kier alpha value is -1.81. The zero-order valence-corrected chi connectivity index (χ0v) is 11.9. The molecule has 1 aromatic carbocycles. The van der Waals surface area contributed by atoms with Crippen molar-refractivity contribution in [2.45, 2.75) is 30.0 Å². The molecule has 1 heterocycles. The van der Waals surface area contributed by atoms with Crippen LogP contribution in [-0.4, -0.2) is 41.5 Å². The third-order valence-corrected chi connectivity index (χ3v) is 5.30. The predicted molar refractivity (Wildman–Crippen MR) is 67.7 cm³/mol. The molecule has 22 heavy (non-hydrogen) atoms. The number of aliphatic carboxylic acids is 1. The Morgan fingerprint density at radius 1 is 1.32 bits per heavy atom. The van der Waals surface area contributed by atoms with Gasteiger partial charge < -0.3 is 10.2 Å². The van der Waals surface area contributed by atoms with Crippen LogP contribution in [0.4, 0.5) is 13.2 Å². The first-order valence-electron chi connectivity index (χ1n) is 6.20. The molecule has 1 aliphatic rings. The van der Waals surface area contributed by atoms with Crippen molar-refractivity contribution in [2.75, 3.05) is 6.54 Å². The fourth-order valence-electron chi connectivity index (χ4n) is 2.30. The molecule has 1 fully saturated rings. The minimum Gasteiger partial charge on any atom is -0.507 e. The van der Waals surface area contributed by atoms with Crippen molar-refractivity contribution >= 4 is 16.0 Å². The monoisotopic (exact) mass is 339 g/mol. The molecule has 1 aliphatic heterocycles. The molecule has 122 valence electrons. The quantitative estimate of drug-likeness (QED) is 0.873. The maximum Gasteiger partial charge on any atom is 0.416 e. The maximum absolute atomic E-state index is 12.7. The van der Waals surface area contributed by atoms with Crippen molar-refractivity contribution in [2.24, 2.45) is 0 Å². The van der Waals surface area contributed by atoms with Crippen LogP contribution >= 0.6 is 0 Å². The van der Waals surface area contributed by atoms with Crippen molar-refractivity contribution in [3.8, 4) is 5.75 Å². The van der Waals surface area contributed by atoms with Crippen LogP contribution in [0.3, 0.4) is 0 Å². The van der Waals surface area contributed by atoms with Crippen molar-refractivity contribution in [1.82, 2.24) is 4.31 Å². The normalized spacial score (nSPS) is 20.2. The molecule has 0 amide bonds. The van der Waals surface area contributed by atoms with Crippen LogP contribution < -0.4 is 0 Å². The summed E-state index contributed by atoms with van der Waals surface area (Å²) >= 11 is 0. The van der Waals surface area contributed by atoms with Crippen molar-refractivity contribution < 1.29 is 36.6 Å². The van der Waals surface area contributed by atoms with E-state index in [0.29, 0.717) is 22.5 Å². The summed E-state index contributed by atoms with van der Waals surface area (Å²) in [5, 5.41) is 18.6. The number of hydrogen-bond donors (Lipinski definition) is 2. The Labute approximate surface area is 123 Å². The number of rotatable bonds is 3. The van der Waals surface area contributed by atoms with Gasteiger partial charge in [0.15, 0.2) is 0 Å². The Bertz CT molecular complexity index is 701. The maximum atomic E-state index is 12.7. The lowest BCUT2D eigenvalue weighted by Gasteiger charge is -2.22. The van der Waals surface area contributed by atoms with Crippen LogP contribution in [0.1, 0.15) is 18.4 Å². The van der Waals surface area contributed by atoms with E-state index in [1.807, 2.05) is 0 Å². The van der Waals surface area contributed by atoms with Gasteiger partial charge in [-0.2, -0.15) is 17.5 Å². The fraction of sp³-hybridized carbons (Fsp3) is 0.417. The molecule has 10 heteroatoms. The van der Waals surface area contributed by atoms with E-state index in [2.05, 4.69) is 0 Å². The molecule has 2 N–H and O–H groups in total. The van der Waals surface area contributed by atoms with Gasteiger partial charge in [-0.25, -0.2) is 8.42 Å². The Kier molecular flexibility index (Phi) is 4.09. The minimum absolute atomic E-state index is 0.0638. The Morgan fingerprint density at radius 3 is 2.50 bits per heavy atom. The topological polar surface area (TPSA) is 94.9 Å². The van der Waals surface area contributed by atoms with Gasteiger partial charge in [0.25, 0.3) is 0 Å². The van der Waals surface area contributed by atoms with Gasteiger partial charge in [0.05, 0.1) is 5.56 Å². The third-order valence-electron chi connectivity index (χ3n) is 3.36. The van der Waals surface area contributed by atoms with E-state index in [0.717, 1.165) is 0 Å². The molecule has 0 aromatic heterocycles. The third kappa shape index (κ3) is 2.88. The molecular formula is C12H12F3NO5S. The highest BCUT2D eigenvalue weighted by Crippen LogP contribution is 2.36. The summed E-state index contributed by atoms with van der Waals surface area (Å²) in [6.45, 7) is -0.130. The lowest BCUT2D eigenvalue weighted by atomic mass is 10.2. The first-order valence-corrected chi connectivity index (χ1v) is 7.64. The zero-order valence-electron chi connectivity index (χ0n) is 11.0. The van der Waals surface area contributed by atoms with Gasteiger partial charge in [0.2, 0.25) is 10.0 Å². The lowest BCUT2D eigenvalue weighted by Crippen LogP contribution is -2.40. The van der Waals surface area contributed by atoms with E-state index in [1.165, 1.54) is 0 Å². The molecule has 0 saturated carbocycles. The van der Waals surface area contributed by atoms with Crippen LogP contribution in [0.2, 0.25) is 0 Å². The Balaban J connectivity index is 2.52. The lowest BCUT2D eigenvalue weighted by molar-refractivity contribution is -0.141. The number of carbonyl (C=O) groups is 1. The second-order valence-corrected chi connectivity index (χ2v) is 6.65. The van der Waals surface area contributed by atoms with E-state index in [1.54, 1.807) is 0 Å². The Morgan fingerprint density at radius 2 is 1.95 bits per heavy atom. The van der Waals surface area contributed by atoms with Crippen molar-refractivity contribution in [3.63, 3.8) is 0 Å². The average Bonchev–Trinajstić information content (AvgIpc) is 2.87. The number of benzene rings is 1. The van der Waals surface area contributed by atoms with E-state index in [4.69, 9.17) is 5.11 Å². The zero-order chi connectivity index (χ0) is 16.7. The summed E-state index contributed by atoms with van der Waals surface area (Å²) in [7, 11) is -4.54. The fourth-order valence-corrected chi connectivity index (χ4v) is 4.06. The molecule has 0 radical (unpaired) electrons. The molecule has 0 aliphatic carbocycles. The van der Waals surface area contributed by atoms with Gasteiger partial charge in [-0.05, 0) is 31.0 Å². The molecule has 1 aromatic rings.